The summed E-state index contributed by atoms with van der Waals surface area (Å²) >= 11 is 0. The van der Waals surface area contributed by atoms with Gasteiger partial charge in [0.25, 0.3) is 5.91 Å². The van der Waals surface area contributed by atoms with Crippen molar-refractivity contribution in [2.45, 2.75) is 69.9 Å². The van der Waals surface area contributed by atoms with Gasteiger partial charge in [-0.1, -0.05) is 18.9 Å². The Balaban J connectivity index is 1.54. The molecule has 0 aromatic heterocycles. The van der Waals surface area contributed by atoms with Crippen molar-refractivity contribution in [2.24, 2.45) is 0 Å². The van der Waals surface area contributed by atoms with Crippen molar-refractivity contribution in [3.05, 3.63) is 48.3 Å². The number of nitrogens with zero attached hydrogens (tertiary/aromatic N) is 1. The lowest BCUT2D eigenvalue weighted by Gasteiger charge is -2.34. The lowest BCUT2D eigenvalue weighted by atomic mass is 9.91. The van der Waals surface area contributed by atoms with Crippen molar-refractivity contribution in [3.63, 3.8) is 0 Å². The number of hydrogen-bond donors (Lipinski definition) is 1. The molecule has 0 radical (unpaired) electrons. The van der Waals surface area contributed by atoms with Crippen LogP contribution in [0.2, 0.25) is 0 Å². The summed E-state index contributed by atoms with van der Waals surface area (Å²) in [5.74, 6) is -0.351. The molecule has 0 unspecified atom stereocenters. The zero-order valence-electron chi connectivity index (χ0n) is 17.9. The van der Waals surface area contributed by atoms with Gasteiger partial charge in [-0.2, -0.15) is 0 Å². The zero-order chi connectivity index (χ0) is 20.9. The molecule has 0 bridgehead atoms. The third-order valence-corrected chi connectivity index (χ3v) is 5.73. The van der Waals surface area contributed by atoms with Crippen LogP contribution in [0.15, 0.2) is 36.9 Å². The van der Waals surface area contributed by atoms with E-state index in [1.54, 1.807) is 12.1 Å². The second-order valence-electron chi connectivity index (χ2n) is 7.97. The summed E-state index contributed by atoms with van der Waals surface area (Å²) in [6, 6.07) is 6.03. The lowest BCUT2D eigenvalue weighted by molar-refractivity contribution is 0.00911. The Bertz CT molecular complexity index is 597. The molecule has 1 N–H and O–H groups in total. The molecule has 1 aliphatic carbocycles. The minimum Gasteiger partial charge on any atom is -0.378 e. The Morgan fingerprint density at radius 2 is 1.83 bits per heavy atom. The summed E-state index contributed by atoms with van der Waals surface area (Å²) in [6.45, 7) is 6.67. The molecule has 4 nitrogen and oxygen atoms in total. The van der Waals surface area contributed by atoms with E-state index in [1.165, 1.54) is 31.4 Å². The largest absolute Gasteiger partial charge is 0.378 e. The van der Waals surface area contributed by atoms with Crippen LogP contribution in [-0.2, 0) is 4.74 Å². The molecule has 2 rings (SSSR count). The minimum absolute atomic E-state index is 0.0339. The first-order valence-electron chi connectivity index (χ1n) is 11.1. The van der Waals surface area contributed by atoms with Gasteiger partial charge in [0.05, 0.1) is 6.10 Å². The van der Waals surface area contributed by atoms with Crippen molar-refractivity contribution < 1.29 is 13.9 Å². The van der Waals surface area contributed by atoms with Crippen LogP contribution in [0.5, 0.6) is 0 Å². The highest BCUT2D eigenvalue weighted by molar-refractivity contribution is 5.94. The van der Waals surface area contributed by atoms with Crippen LogP contribution in [0.1, 0.15) is 68.1 Å². The second kappa shape index (κ2) is 13.5. The van der Waals surface area contributed by atoms with Gasteiger partial charge < -0.3 is 15.0 Å². The highest BCUT2D eigenvalue weighted by Crippen LogP contribution is 2.25. The number of carbonyl (C=O) groups is 1. The van der Waals surface area contributed by atoms with Crippen LogP contribution < -0.4 is 5.32 Å². The first-order chi connectivity index (χ1) is 14.1. The van der Waals surface area contributed by atoms with E-state index < -0.39 is 0 Å². The average Bonchev–Trinajstić information content (AvgIpc) is 2.75. The fourth-order valence-corrected chi connectivity index (χ4v) is 3.85. The number of nitrogens with one attached hydrogen (secondary N) is 1. The smallest absolute Gasteiger partial charge is 0.253 e. The van der Waals surface area contributed by atoms with E-state index in [1.807, 2.05) is 18.0 Å². The maximum atomic E-state index is 13.1. The summed E-state index contributed by atoms with van der Waals surface area (Å²) < 4.78 is 19.1. The molecule has 1 aromatic carbocycles. The van der Waals surface area contributed by atoms with Gasteiger partial charge in [0.15, 0.2) is 0 Å². The van der Waals surface area contributed by atoms with Crippen LogP contribution >= 0.6 is 0 Å². The normalized spacial score (nSPS) is 19.1. The number of ether oxygens (including phenoxy) is 1. The zero-order valence-corrected chi connectivity index (χ0v) is 17.9. The van der Waals surface area contributed by atoms with Gasteiger partial charge in [0.2, 0.25) is 0 Å². The molecule has 29 heavy (non-hydrogen) atoms. The second-order valence-corrected chi connectivity index (χ2v) is 7.97. The van der Waals surface area contributed by atoms with E-state index in [2.05, 4.69) is 11.9 Å². The summed E-state index contributed by atoms with van der Waals surface area (Å²) in [6.07, 6.45) is 12.0. The first-order valence-corrected chi connectivity index (χ1v) is 11.1. The lowest BCUT2D eigenvalue weighted by Crippen LogP contribution is -2.40. The van der Waals surface area contributed by atoms with E-state index in [4.69, 9.17) is 4.74 Å². The molecule has 0 spiro atoms. The predicted molar refractivity (Wildman–Crippen MR) is 117 cm³/mol. The number of halogens is 1. The van der Waals surface area contributed by atoms with Gasteiger partial charge in [0.1, 0.15) is 5.82 Å². The fraction of sp³-hybridized carbons (Fsp3) is 0.625. The van der Waals surface area contributed by atoms with Crippen molar-refractivity contribution >= 4 is 5.91 Å². The Morgan fingerprint density at radius 3 is 2.52 bits per heavy atom. The van der Waals surface area contributed by atoms with Gasteiger partial charge in [-0.3, -0.25) is 4.79 Å². The van der Waals surface area contributed by atoms with Gasteiger partial charge >= 0.3 is 0 Å². The highest BCUT2D eigenvalue weighted by atomic mass is 19.1. The molecule has 1 amide bonds. The van der Waals surface area contributed by atoms with E-state index in [0.717, 1.165) is 58.2 Å². The number of amides is 1. The molecule has 0 aliphatic heterocycles. The number of rotatable bonds is 13. The number of unbranched alkanes of at least 4 members (excludes halogenated alkanes) is 3. The Hall–Kier alpha value is -1.72. The van der Waals surface area contributed by atoms with Crippen LogP contribution in [-0.4, -0.2) is 49.7 Å². The molecule has 1 fully saturated rings. The number of benzene rings is 1. The molecule has 5 heteroatoms. The molecular formula is C24H37FN2O2. The van der Waals surface area contributed by atoms with E-state index in [-0.39, 0.29) is 17.8 Å². The van der Waals surface area contributed by atoms with Crippen molar-refractivity contribution in [2.75, 3.05) is 26.7 Å². The summed E-state index contributed by atoms with van der Waals surface area (Å²) in [5, 5.41) is 3.42. The highest BCUT2D eigenvalue weighted by Gasteiger charge is 2.27. The van der Waals surface area contributed by atoms with Crippen LogP contribution in [0.25, 0.3) is 0 Å². The van der Waals surface area contributed by atoms with Crippen molar-refractivity contribution in [1.29, 1.82) is 0 Å². The molecule has 162 valence electrons. The summed E-state index contributed by atoms with van der Waals surface area (Å²) in [5.41, 5.74) is 0.545. The van der Waals surface area contributed by atoms with Crippen molar-refractivity contribution in [3.8, 4) is 0 Å². The summed E-state index contributed by atoms with van der Waals surface area (Å²) in [4.78, 5) is 14.4. The third kappa shape index (κ3) is 8.67. The SMILES string of the molecule is C=CCCNCCCCCCOC1CCC(N(C)C(=O)c2ccc(F)cc2)CC1. The fourth-order valence-electron chi connectivity index (χ4n) is 3.85. The average molecular weight is 405 g/mol. The van der Waals surface area contributed by atoms with E-state index in [0.29, 0.717) is 11.7 Å². The maximum Gasteiger partial charge on any atom is 0.253 e. The van der Waals surface area contributed by atoms with E-state index >= 15 is 0 Å². The van der Waals surface area contributed by atoms with Crippen LogP contribution in [0.4, 0.5) is 4.39 Å². The van der Waals surface area contributed by atoms with Crippen LogP contribution in [0, 0.1) is 5.82 Å². The standard InChI is InChI=1S/C24H37FN2O2/c1-3-4-17-26-18-7-5-6-8-19-29-23-15-13-22(14-16-23)27(2)24(28)20-9-11-21(25)12-10-20/h3,9-12,22-23,26H,1,4-8,13-19H2,2H3. The van der Waals surface area contributed by atoms with Crippen molar-refractivity contribution in [1.82, 2.24) is 10.2 Å². The molecule has 0 atom stereocenters. The topological polar surface area (TPSA) is 41.6 Å². The number of hydrogen-bond acceptors (Lipinski definition) is 3. The molecule has 0 saturated heterocycles. The predicted octanol–water partition coefficient (Wildman–Crippen LogP) is 4.95. The van der Waals surface area contributed by atoms with Gasteiger partial charge in [0, 0.05) is 25.3 Å². The molecular weight excluding hydrogens is 367 g/mol. The van der Waals surface area contributed by atoms with Gasteiger partial charge in [-0.15, -0.1) is 6.58 Å². The monoisotopic (exact) mass is 404 g/mol. The van der Waals surface area contributed by atoms with E-state index in [9.17, 15) is 9.18 Å². The first kappa shape index (κ1) is 23.6. The quantitative estimate of drug-likeness (QED) is 0.373. The minimum atomic E-state index is -0.318. The summed E-state index contributed by atoms with van der Waals surface area (Å²) in [7, 11) is 1.85. The Kier molecular flexibility index (Phi) is 11.0. The number of carbonyl (C=O) groups excluding carboxylic acids is 1. The molecule has 0 heterocycles. The van der Waals surface area contributed by atoms with Crippen LogP contribution in [0.3, 0.4) is 0 Å². The maximum absolute atomic E-state index is 13.1. The molecule has 1 aromatic rings. The van der Waals surface area contributed by atoms with Gasteiger partial charge in [-0.25, -0.2) is 4.39 Å². The van der Waals surface area contributed by atoms with Gasteiger partial charge in [-0.05, 0) is 82.3 Å². The molecule has 1 aliphatic rings. The Morgan fingerprint density at radius 1 is 1.14 bits per heavy atom. The molecule has 1 saturated carbocycles. The Labute approximate surface area is 175 Å². The third-order valence-electron chi connectivity index (χ3n) is 5.73.